The van der Waals surface area contributed by atoms with Crippen LogP contribution >= 0.6 is 0 Å². The minimum Gasteiger partial charge on any atom is -0.494 e. The van der Waals surface area contributed by atoms with Crippen molar-refractivity contribution < 1.29 is 14.3 Å². The van der Waals surface area contributed by atoms with Crippen molar-refractivity contribution in [2.45, 2.75) is 26.3 Å². The second-order valence-electron chi connectivity index (χ2n) is 5.71. The Kier molecular flexibility index (Phi) is 4.51. The lowest BCUT2D eigenvalue weighted by Gasteiger charge is -2.26. The van der Waals surface area contributed by atoms with E-state index < -0.39 is 0 Å². The molecular formula is C19H21NO3. The molecule has 0 bridgehead atoms. The lowest BCUT2D eigenvalue weighted by atomic mass is 10.0. The molecule has 0 saturated carbocycles. The molecule has 0 aliphatic carbocycles. The van der Waals surface area contributed by atoms with Crippen molar-refractivity contribution in [3.8, 4) is 11.5 Å². The molecule has 1 aliphatic heterocycles. The summed E-state index contributed by atoms with van der Waals surface area (Å²) in [5, 5.41) is 3.05. The number of ether oxygens (including phenoxy) is 2. The Morgan fingerprint density at radius 1 is 1.30 bits per heavy atom. The van der Waals surface area contributed by atoms with Gasteiger partial charge in [0.1, 0.15) is 18.1 Å². The quantitative estimate of drug-likeness (QED) is 0.943. The minimum absolute atomic E-state index is 0.00993. The summed E-state index contributed by atoms with van der Waals surface area (Å²) in [5.74, 6) is 1.65. The summed E-state index contributed by atoms with van der Waals surface area (Å²) < 4.78 is 11.2. The van der Waals surface area contributed by atoms with Crippen molar-refractivity contribution in [3.63, 3.8) is 0 Å². The summed E-state index contributed by atoms with van der Waals surface area (Å²) >= 11 is 0. The first-order valence-corrected chi connectivity index (χ1v) is 7.92. The van der Waals surface area contributed by atoms with Crippen molar-refractivity contribution in [1.82, 2.24) is 5.32 Å². The van der Waals surface area contributed by atoms with Crippen molar-refractivity contribution in [2.75, 3.05) is 13.2 Å². The van der Waals surface area contributed by atoms with E-state index in [0.29, 0.717) is 18.8 Å². The Morgan fingerprint density at radius 3 is 2.91 bits per heavy atom. The van der Waals surface area contributed by atoms with Gasteiger partial charge in [0.25, 0.3) is 5.91 Å². The van der Waals surface area contributed by atoms with Crippen LogP contribution in [0, 0.1) is 6.92 Å². The molecule has 120 valence electrons. The van der Waals surface area contributed by atoms with Gasteiger partial charge in [0, 0.05) is 5.56 Å². The van der Waals surface area contributed by atoms with Crippen LogP contribution in [0.25, 0.3) is 0 Å². The molecule has 0 fully saturated rings. The third-order valence-corrected chi connectivity index (χ3v) is 3.95. The minimum atomic E-state index is -0.0795. The number of carbonyl (C=O) groups is 1. The zero-order chi connectivity index (χ0) is 16.2. The van der Waals surface area contributed by atoms with Gasteiger partial charge < -0.3 is 14.8 Å². The summed E-state index contributed by atoms with van der Waals surface area (Å²) in [4.78, 5) is 12.4. The summed E-state index contributed by atoms with van der Waals surface area (Å²) in [6, 6.07) is 13.4. The second-order valence-corrected chi connectivity index (χ2v) is 5.71. The zero-order valence-corrected chi connectivity index (χ0v) is 13.5. The Bertz CT molecular complexity index is 712. The van der Waals surface area contributed by atoms with Crippen LogP contribution in [0.15, 0.2) is 42.5 Å². The standard InChI is InChI=1S/C19H21NO3/c1-3-22-17-9-8-15(10-13(17)2)19(21)20-16-11-14-6-4-5-7-18(14)23-12-16/h4-10,16H,3,11-12H2,1-2H3,(H,20,21). The Morgan fingerprint density at radius 2 is 2.13 bits per heavy atom. The van der Waals surface area contributed by atoms with Gasteiger partial charge in [-0.15, -0.1) is 0 Å². The number of nitrogens with one attached hydrogen (secondary N) is 1. The molecule has 1 N–H and O–H groups in total. The highest BCUT2D eigenvalue weighted by molar-refractivity contribution is 5.94. The lowest BCUT2D eigenvalue weighted by molar-refractivity contribution is 0.0915. The highest BCUT2D eigenvalue weighted by atomic mass is 16.5. The third-order valence-electron chi connectivity index (χ3n) is 3.95. The lowest BCUT2D eigenvalue weighted by Crippen LogP contribution is -2.42. The highest BCUT2D eigenvalue weighted by Gasteiger charge is 2.21. The molecular weight excluding hydrogens is 290 g/mol. The first kappa shape index (κ1) is 15.4. The van der Waals surface area contributed by atoms with Crippen LogP contribution < -0.4 is 14.8 Å². The molecule has 1 heterocycles. The predicted octanol–water partition coefficient (Wildman–Crippen LogP) is 3.13. The molecule has 4 heteroatoms. The molecule has 0 spiro atoms. The normalized spacial score (nSPS) is 16.2. The number of aryl methyl sites for hydroxylation is 1. The van der Waals surface area contributed by atoms with Crippen LogP contribution in [0.5, 0.6) is 11.5 Å². The molecule has 0 saturated heterocycles. The largest absolute Gasteiger partial charge is 0.494 e. The molecule has 0 aromatic heterocycles. The first-order chi connectivity index (χ1) is 11.2. The van der Waals surface area contributed by atoms with E-state index in [4.69, 9.17) is 9.47 Å². The van der Waals surface area contributed by atoms with Gasteiger partial charge in [-0.1, -0.05) is 18.2 Å². The van der Waals surface area contributed by atoms with Crippen molar-refractivity contribution in [3.05, 3.63) is 59.2 Å². The molecule has 4 nitrogen and oxygen atoms in total. The van der Waals surface area contributed by atoms with E-state index in [1.54, 1.807) is 6.07 Å². The van der Waals surface area contributed by atoms with Crippen LogP contribution in [0.1, 0.15) is 28.4 Å². The predicted molar refractivity (Wildman–Crippen MR) is 89.2 cm³/mol. The fourth-order valence-corrected chi connectivity index (χ4v) is 2.80. The van der Waals surface area contributed by atoms with Crippen LogP contribution in [-0.2, 0) is 6.42 Å². The molecule has 2 aromatic rings. The average molecular weight is 311 g/mol. The van der Waals surface area contributed by atoms with E-state index >= 15 is 0 Å². The third kappa shape index (κ3) is 3.47. The summed E-state index contributed by atoms with van der Waals surface area (Å²) in [7, 11) is 0. The SMILES string of the molecule is CCOc1ccc(C(=O)NC2COc3ccccc3C2)cc1C. The molecule has 1 atom stereocenters. The number of para-hydroxylation sites is 1. The number of hydrogen-bond donors (Lipinski definition) is 1. The fourth-order valence-electron chi connectivity index (χ4n) is 2.80. The van der Waals surface area contributed by atoms with E-state index in [1.807, 2.05) is 50.2 Å². The summed E-state index contributed by atoms with van der Waals surface area (Å²) in [6.45, 7) is 5.01. The molecule has 1 aliphatic rings. The van der Waals surface area contributed by atoms with E-state index in [0.717, 1.165) is 29.0 Å². The Hall–Kier alpha value is -2.49. The first-order valence-electron chi connectivity index (χ1n) is 7.92. The molecule has 2 aromatic carbocycles. The highest BCUT2D eigenvalue weighted by Crippen LogP contribution is 2.24. The Balaban J connectivity index is 1.67. The van der Waals surface area contributed by atoms with Gasteiger partial charge in [-0.05, 0) is 55.7 Å². The van der Waals surface area contributed by atoms with E-state index in [1.165, 1.54) is 0 Å². The van der Waals surface area contributed by atoms with E-state index in [-0.39, 0.29) is 11.9 Å². The number of hydrogen-bond acceptors (Lipinski definition) is 3. The van der Waals surface area contributed by atoms with Gasteiger partial charge >= 0.3 is 0 Å². The van der Waals surface area contributed by atoms with Gasteiger partial charge in [-0.25, -0.2) is 0 Å². The van der Waals surface area contributed by atoms with Crippen molar-refractivity contribution in [1.29, 1.82) is 0 Å². The van der Waals surface area contributed by atoms with Gasteiger partial charge in [0.2, 0.25) is 0 Å². The van der Waals surface area contributed by atoms with Crippen LogP contribution in [0.2, 0.25) is 0 Å². The average Bonchev–Trinajstić information content (AvgIpc) is 2.56. The van der Waals surface area contributed by atoms with Crippen LogP contribution in [0.3, 0.4) is 0 Å². The number of fused-ring (bicyclic) bond motifs is 1. The number of amides is 1. The van der Waals surface area contributed by atoms with Crippen LogP contribution in [0.4, 0.5) is 0 Å². The molecule has 3 rings (SSSR count). The zero-order valence-electron chi connectivity index (χ0n) is 13.5. The Labute approximate surface area is 136 Å². The number of benzene rings is 2. The van der Waals surface area contributed by atoms with E-state index in [9.17, 15) is 4.79 Å². The van der Waals surface area contributed by atoms with Gasteiger partial charge in [-0.3, -0.25) is 4.79 Å². The number of rotatable bonds is 4. The second kappa shape index (κ2) is 6.73. The summed E-state index contributed by atoms with van der Waals surface area (Å²) in [6.07, 6.45) is 0.790. The molecule has 0 radical (unpaired) electrons. The topological polar surface area (TPSA) is 47.6 Å². The smallest absolute Gasteiger partial charge is 0.251 e. The van der Waals surface area contributed by atoms with Crippen LogP contribution in [-0.4, -0.2) is 25.2 Å². The van der Waals surface area contributed by atoms with Gasteiger partial charge in [0.05, 0.1) is 12.6 Å². The fraction of sp³-hybridized carbons (Fsp3) is 0.316. The van der Waals surface area contributed by atoms with Gasteiger partial charge in [0.15, 0.2) is 0 Å². The monoisotopic (exact) mass is 311 g/mol. The number of carbonyl (C=O) groups excluding carboxylic acids is 1. The maximum atomic E-state index is 12.4. The van der Waals surface area contributed by atoms with E-state index in [2.05, 4.69) is 5.32 Å². The molecule has 1 amide bonds. The molecule has 23 heavy (non-hydrogen) atoms. The van der Waals surface area contributed by atoms with Crippen molar-refractivity contribution in [2.24, 2.45) is 0 Å². The maximum Gasteiger partial charge on any atom is 0.251 e. The summed E-state index contributed by atoms with van der Waals surface area (Å²) in [5.41, 5.74) is 2.74. The maximum absolute atomic E-state index is 12.4. The van der Waals surface area contributed by atoms with Gasteiger partial charge in [-0.2, -0.15) is 0 Å². The molecule has 1 unspecified atom stereocenters. The van der Waals surface area contributed by atoms with Crippen molar-refractivity contribution >= 4 is 5.91 Å².